The number of carbonyl (C=O) groups excluding carboxylic acids is 1. The van der Waals surface area contributed by atoms with Crippen molar-refractivity contribution in [3.8, 4) is 5.69 Å². The molecule has 0 aliphatic rings. The maximum atomic E-state index is 14.4. The highest BCUT2D eigenvalue weighted by atomic mass is 19.1. The van der Waals surface area contributed by atoms with Gasteiger partial charge in [-0.05, 0) is 52.0 Å². The van der Waals surface area contributed by atoms with Crippen LogP contribution >= 0.6 is 0 Å². The lowest BCUT2D eigenvalue weighted by Crippen LogP contribution is -2.39. The van der Waals surface area contributed by atoms with E-state index < -0.39 is 11.4 Å². The van der Waals surface area contributed by atoms with Crippen LogP contribution in [-0.4, -0.2) is 44.9 Å². The van der Waals surface area contributed by atoms with Crippen molar-refractivity contribution >= 4 is 5.91 Å². The first-order chi connectivity index (χ1) is 10.6. The van der Waals surface area contributed by atoms with Gasteiger partial charge < -0.3 is 10.0 Å². The van der Waals surface area contributed by atoms with Crippen LogP contribution in [0.3, 0.4) is 0 Å². The van der Waals surface area contributed by atoms with E-state index in [1.807, 2.05) is 19.9 Å². The molecule has 1 heterocycles. The summed E-state index contributed by atoms with van der Waals surface area (Å²) >= 11 is 0. The molecule has 124 valence electrons. The molecule has 1 aromatic heterocycles. The van der Waals surface area contributed by atoms with Crippen molar-refractivity contribution in [2.75, 3.05) is 13.6 Å². The van der Waals surface area contributed by atoms with Crippen molar-refractivity contribution in [2.45, 2.75) is 33.3 Å². The maximum absolute atomic E-state index is 14.4. The monoisotopic (exact) mass is 319 g/mol. The molecule has 1 amide bonds. The molecule has 0 radical (unpaired) electrons. The summed E-state index contributed by atoms with van der Waals surface area (Å²) in [5, 5.41) is 14.0. The Labute approximate surface area is 135 Å². The molecular formula is C17H22FN3O2. The van der Waals surface area contributed by atoms with Gasteiger partial charge in [-0.2, -0.15) is 5.10 Å². The maximum Gasteiger partial charge on any atom is 0.253 e. The van der Waals surface area contributed by atoms with Gasteiger partial charge >= 0.3 is 0 Å². The van der Waals surface area contributed by atoms with Crippen LogP contribution in [0.15, 0.2) is 24.3 Å². The van der Waals surface area contributed by atoms with Crippen LogP contribution in [-0.2, 0) is 0 Å². The molecule has 0 saturated heterocycles. The fourth-order valence-corrected chi connectivity index (χ4v) is 2.56. The Bertz CT molecular complexity index is 732. The summed E-state index contributed by atoms with van der Waals surface area (Å²) in [5.41, 5.74) is 1.15. The van der Waals surface area contributed by atoms with E-state index in [1.54, 1.807) is 33.0 Å². The largest absolute Gasteiger partial charge is 0.389 e. The number of rotatable bonds is 4. The number of hydrogen-bond acceptors (Lipinski definition) is 3. The average molecular weight is 319 g/mol. The summed E-state index contributed by atoms with van der Waals surface area (Å²) in [7, 11) is 1.58. The third-order valence-electron chi connectivity index (χ3n) is 3.40. The number of amides is 1. The topological polar surface area (TPSA) is 58.4 Å². The second-order valence-electron chi connectivity index (χ2n) is 6.48. The molecule has 2 rings (SSSR count). The summed E-state index contributed by atoms with van der Waals surface area (Å²) in [6.45, 7) is 7.07. The molecule has 2 aromatic rings. The number of likely N-dealkylation sites (N-methyl/N-ethyl adjacent to an activating group) is 1. The van der Waals surface area contributed by atoms with Gasteiger partial charge in [0.2, 0.25) is 0 Å². The van der Waals surface area contributed by atoms with Crippen molar-refractivity contribution in [3.63, 3.8) is 0 Å². The summed E-state index contributed by atoms with van der Waals surface area (Å²) in [5.74, 6) is -0.857. The van der Waals surface area contributed by atoms with Crippen LogP contribution in [0.4, 0.5) is 4.39 Å². The van der Waals surface area contributed by atoms with Gasteiger partial charge in [-0.25, -0.2) is 9.07 Å². The summed E-state index contributed by atoms with van der Waals surface area (Å²) < 4.78 is 15.9. The summed E-state index contributed by atoms with van der Waals surface area (Å²) in [4.78, 5) is 13.7. The van der Waals surface area contributed by atoms with Gasteiger partial charge in [0.15, 0.2) is 0 Å². The van der Waals surface area contributed by atoms with Crippen LogP contribution in [0.1, 0.15) is 35.6 Å². The van der Waals surface area contributed by atoms with Gasteiger partial charge in [-0.1, -0.05) is 0 Å². The number of aromatic nitrogens is 2. The number of halogens is 1. The summed E-state index contributed by atoms with van der Waals surface area (Å²) in [6.07, 6.45) is 0. The molecule has 1 N–H and O–H groups in total. The Balaban J connectivity index is 2.29. The van der Waals surface area contributed by atoms with Crippen LogP contribution < -0.4 is 0 Å². The smallest absolute Gasteiger partial charge is 0.253 e. The van der Waals surface area contributed by atoms with Crippen molar-refractivity contribution in [1.82, 2.24) is 14.7 Å². The normalized spacial score (nSPS) is 11.6. The van der Waals surface area contributed by atoms with Gasteiger partial charge in [0.05, 0.1) is 11.3 Å². The number of aryl methyl sites for hydroxylation is 2. The second-order valence-corrected chi connectivity index (χ2v) is 6.48. The first-order valence-electron chi connectivity index (χ1n) is 7.39. The first-order valence-corrected chi connectivity index (χ1v) is 7.39. The Morgan fingerprint density at radius 2 is 2.00 bits per heavy atom. The Morgan fingerprint density at radius 1 is 1.35 bits per heavy atom. The molecule has 0 atom stereocenters. The number of carbonyl (C=O) groups is 1. The van der Waals surface area contributed by atoms with Crippen molar-refractivity contribution < 1.29 is 14.3 Å². The van der Waals surface area contributed by atoms with Gasteiger partial charge in [0.1, 0.15) is 11.5 Å². The average Bonchev–Trinajstić information content (AvgIpc) is 2.74. The quantitative estimate of drug-likeness (QED) is 0.942. The van der Waals surface area contributed by atoms with E-state index >= 15 is 0 Å². The lowest BCUT2D eigenvalue weighted by atomic mass is 10.1. The second kappa shape index (κ2) is 6.12. The van der Waals surface area contributed by atoms with Crippen LogP contribution in [0.25, 0.3) is 5.69 Å². The van der Waals surface area contributed by atoms with Crippen LogP contribution in [0, 0.1) is 19.7 Å². The van der Waals surface area contributed by atoms with E-state index in [0.29, 0.717) is 5.69 Å². The molecule has 0 unspecified atom stereocenters. The zero-order valence-corrected chi connectivity index (χ0v) is 14.1. The molecule has 0 fully saturated rings. The highest BCUT2D eigenvalue weighted by Crippen LogP contribution is 2.18. The standard InChI is InChI=1S/C17H22FN3O2/c1-11-8-12(2)21(19-11)15-7-6-13(9-14(15)18)16(22)20(5)10-17(3,4)23/h6-9,23H,10H2,1-5H3. The predicted molar refractivity (Wildman–Crippen MR) is 86.3 cm³/mol. The number of nitrogens with zero attached hydrogens (tertiary/aromatic N) is 3. The lowest BCUT2D eigenvalue weighted by Gasteiger charge is -2.25. The fourth-order valence-electron chi connectivity index (χ4n) is 2.56. The number of benzene rings is 1. The lowest BCUT2D eigenvalue weighted by molar-refractivity contribution is 0.0367. The first kappa shape index (κ1) is 17.1. The van der Waals surface area contributed by atoms with Gasteiger partial charge in [0, 0.05) is 24.8 Å². The van der Waals surface area contributed by atoms with Gasteiger partial charge in [-0.3, -0.25) is 4.79 Å². The van der Waals surface area contributed by atoms with Gasteiger partial charge in [0.25, 0.3) is 5.91 Å². The Hall–Kier alpha value is -2.21. The molecule has 23 heavy (non-hydrogen) atoms. The van der Waals surface area contributed by atoms with E-state index in [1.165, 1.54) is 15.6 Å². The van der Waals surface area contributed by atoms with E-state index in [-0.39, 0.29) is 18.0 Å². The zero-order valence-electron chi connectivity index (χ0n) is 14.1. The SMILES string of the molecule is Cc1cc(C)n(-c2ccc(C(=O)N(C)CC(C)(C)O)cc2F)n1. The van der Waals surface area contributed by atoms with Crippen LogP contribution in [0.2, 0.25) is 0 Å². The minimum Gasteiger partial charge on any atom is -0.389 e. The molecule has 0 saturated carbocycles. The molecular weight excluding hydrogens is 297 g/mol. The van der Waals surface area contributed by atoms with E-state index in [0.717, 1.165) is 11.4 Å². The van der Waals surface area contributed by atoms with E-state index in [9.17, 15) is 14.3 Å². The Kier molecular flexibility index (Phi) is 4.56. The fraction of sp³-hybridized carbons (Fsp3) is 0.412. The molecule has 6 heteroatoms. The predicted octanol–water partition coefficient (Wildman–Crippen LogP) is 2.47. The minimum atomic E-state index is -1.01. The van der Waals surface area contributed by atoms with Crippen molar-refractivity contribution in [1.29, 1.82) is 0 Å². The Morgan fingerprint density at radius 3 is 2.48 bits per heavy atom. The molecule has 0 bridgehead atoms. The van der Waals surface area contributed by atoms with Gasteiger partial charge in [-0.15, -0.1) is 0 Å². The minimum absolute atomic E-state index is 0.159. The van der Waals surface area contributed by atoms with E-state index in [4.69, 9.17) is 0 Å². The molecule has 1 aromatic carbocycles. The van der Waals surface area contributed by atoms with Crippen molar-refractivity contribution in [3.05, 3.63) is 47.0 Å². The number of aliphatic hydroxyl groups is 1. The molecule has 0 aliphatic carbocycles. The molecule has 0 aliphatic heterocycles. The van der Waals surface area contributed by atoms with Crippen LogP contribution in [0.5, 0.6) is 0 Å². The van der Waals surface area contributed by atoms with Crippen molar-refractivity contribution in [2.24, 2.45) is 0 Å². The zero-order chi connectivity index (χ0) is 17.4. The highest BCUT2D eigenvalue weighted by molar-refractivity contribution is 5.94. The molecule has 0 spiro atoms. The third-order valence-corrected chi connectivity index (χ3v) is 3.40. The number of hydrogen-bond donors (Lipinski definition) is 1. The molecule has 5 nitrogen and oxygen atoms in total. The highest BCUT2D eigenvalue weighted by Gasteiger charge is 2.21. The summed E-state index contributed by atoms with van der Waals surface area (Å²) in [6, 6.07) is 6.17. The third kappa shape index (κ3) is 3.96. The van der Waals surface area contributed by atoms with E-state index in [2.05, 4.69) is 5.10 Å².